The fraction of sp³-hybridized carbons (Fsp3) is 0.300. The minimum Gasteiger partial charge on any atom is -0.293 e. The first-order valence-electron chi connectivity index (χ1n) is 3.90. The molecule has 0 atom stereocenters. The van der Waals surface area contributed by atoms with E-state index in [9.17, 15) is 9.18 Å². The number of halogens is 2. The number of carbonyl (C=O) groups excluding carboxylic acids is 1. The molecule has 0 radical (unpaired) electrons. The Morgan fingerprint density at radius 1 is 1.46 bits per heavy atom. The van der Waals surface area contributed by atoms with E-state index in [0.717, 1.165) is 0 Å². The molecule has 0 amide bonds. The Labute approximate surface area is 85.1 Å². The van der Waals surface area contributed by atoms with Crippen molar-refractivity contribution in [2.24, 2.45) is 0 Å². The van der Waals surface area contributed by atoms with E-state index in [2.05, 4.69) is 15.9 Å². The molecule has 0 aliphatic carbocycles. The van der Waals surface area contributed by atoms with Crippen LogP contribution in [0, 0.1) is 5.82 Å². The fourth-order valence-corrected chi connectivity index (χ4v) is 1.20. The Balaban J connectivity index is 3.03. The smallest absolute Gasteiger partial charge is 0.179 e. The summed E-state index contributed by atoms with van der Waals surface area (Å²) in [4.78, 5) is 11.6. The summed E-state index contributed by atoms with van der Waals surface area (Å²) in [7, 11) is 0. The molecule has 1 nitrogen and oxygen atoms in total. The predicted octanol–water partition coefficient (Wildman–Crippen LogP) is 3.18. The molecule has 1 rings (SSSR count). The van der Waals surface area contributed by atoms with Crippen LogP contribution < -0.4 is 0 Å². The number of hydrogen-bond acceptors (Lipinski definition) is 1. The second-order valence-corrected chi connectivity index (χ2v) is 5.29. The lowest BCUT2D eigenvalue weighted by Gasteiger charge is -2.14. The number of carbonyl (C=O) groups is 1. The van der Waals surface area contributed by atoms with E-state index >= 15 is 0 Å². The van der Waals surface area contributed by atoms with Gasteiger partial charge in [0.05, 0.1) is 4.32 Å². The Morgan fingerprint density at radius 2 is 2.08 bits per heavy atom. The van der Waals surface area contributed by atoms with Gasteiger partial charge in [-0.1, -0.05) is 28.1 Å². The molecule has 0 heterocycles. The molecule has 0 aromatic heterocycles. The molecule has 0 saturated heterocycles. The number of rotatable bonds is 2. The number of ketones is 1. The SMILES string of the molecule is CC(C)(Br)C(=O)c1cccc(F)c1. The lowest BCUT2D eigenvalue weighted by molar-refractivity contribution is 0.0960. The molecule has 0 aliphatic rings. The molecule has 70 valence electrons. The van der Waals surface area contributed by atoms with Crippen molar-refractivity contribution in [3.05, 3.63) is 35.6 Å². The van der Waals surface area contributed by atoms with Crippen LogP contribution in [-0.4, -0.2) is 10.1 Å². The Morgan fingerprint density at radius 3 is 2.54 bits per heavy atom. The highest BCUT2D eigenvalue weighted by Crippen LogP contribution is 2.22. The lowest BCUT2D eigenvalue weighted by Crippen LogP contribution is -2.23. The summed E-state index contributed by atoms with van der Waals surface area (Å²) in [6.45, 7) is 3.47. The third-order valence-electron chi connectivity index (χ3n) is 1.63. The summed E-state index contributed by atoms with van der Waals surface area (Å²) in [5.41, 5.74) is 0.391. The van der Waals surface area contributed by atoms with E-state index in [1.807, 2.05) is 0 Å². The van der Waals surface area contributed by atoms with E-state index in [1.165, 1.54) is 18.2 Å². The molecule has 3 heteroatoms. The molecule has 0 fully saturated rings. The number of alkyl halides is 1. The van der Waals surface area contributed by atoms with E-state index < -0.39 is 4.32 Å². The standard InChI is InChI=1S/C10H10BrFO/c1-10(2,11)9(13)7-4-3-5-8(12)6-7/h3-6H,1-2H3. The van der Waals surface area contributed by atoms with E-state index in [0.29, 0.717) is 5.56 Å². The maximum atomic E-state index is 12.7. The van der Waals surface area contributed by atoms with Gasteiger partial charge in [0.1, 0.15) is 5.82 Å². The van der Waals surface area contributed by atoms with Crippen molar-refractivity contribution >= 4 is 21.7 Å². The first-order chi connectivity index (χ1) is 5.91. The van der Waals surface area contributed by atoms with Crippen LogP contribution in [0.4, 0.5) is 4.39 Å². The zero-order valence-electron chi connectivity index (χ0n) is 7.47. The van der Waals surface area contributed by atoms with Crippen molar-refractivity contribution in [3.63, 3.8) is 0 Å². The quantitative estimate of drug-likeness (QED) is 0.577. The highest BCUT2D eigenvalue weighted by atomic mass is 79.9. The second-order valence-electron chi connectivity index (χ2n) is 3.31. The van der Waals surface area contributed by atoms with Gasteiger partial charge >= 0.3 is 0 Å². The van der Waals surface area contributed by atoms with Crippen molar-refractivity contribution < 1.29 is 9.18 Å². The molecular weight excluding hydrogens is 235 g/mol. The molecule has 13 heavy (non-hydrogen) atoms. The minimum absolute atomic E-state index is 0.119. The van der Waals surface area contributed by atoms with Crippen LogP contribution in [0.15, 0.2) is 24.3 Å². The summed E-state index contributed by atoms with van der Waals surface area (Å²) in [5.74, 6) is -0.505. The summed E-state index contributed by atoms with van der Waals surface area (Å²) >= 11 is 3.23. The third kappa shape index (κ3) is 2.62. The largest absolute Gasteiger partial charge is 0.293 e. The summed E-state index contributed by atoms with van der Waals surface area (Å²) in [6.07, 6.45) is 0. The zero-order chi connectivity index (χ0) is 10.1. The van der Waals surface area contributed by atoms with Gasteiger partial charge in [0.25, 0.3) is 0 Å². The van der Waals surface area contributed by atoms with E-state index in [1.54, 1.807) is 19.9 Å². The van der Waals surface area contributed by atoms with Crippen LogP contribution in [0.25, 0.3) is 0 Å². The molecule has 1 aromatic rings. The highest BCUT2D eigenvalue weighted by Gasteiger charge is 2.24. The summed E-state index contributed by atoms with van der Waals surface area (Å²) in [5, 5.41) is 0. The van der Waals surface area contributed by atoms with Gasteiger partial charge in [0, 0.05) is 5.56 Å². The second kappa shape index (κ2) is 3.58. The van der Waals surface area contributed by atoms with Crippen LogP contribution in [0.1, 0.15) is 24.2 Å². The molecule has 1 aromatic carbocycles. The van der Waals surface area contributed by atoms with Crippen LogP contribution in [0.2, 0.25) is 0 Å². The van der Waals surface area contributed by atoms with Crippen LogP contribution in [0.5, 0.6) is 0 Å². The number of benzene rings is 1. The molecule has 0 N–H and O–H groups in total. The van der Waals surface area contributed by atoms with Crippen LogP contribution in [0.3, 0.4) is 0 Å². The average molecular weight is 245 g/mol. The van der Waals surface area contributed by atoms with Crippen LogP contribution >= 0.6 is 15.9 Å². The first kappa shape index (κ1) is 10.4. The van der Waals surface area contributed by atoms with Gasteiger partial charge in [-0.2, -0.15) is 0 Å². The van der Waals surface area contributed by atoms with Crippen molar-refractivity contribution in [2.45, 2.75) is 18.2 Å². The van der Waals surface area contributed by atoms with Crippen molar-refractivity contribution in [2.75, 3.05) is 0 Å². The molecule has 0 unspecified atom stereocenters. The first-order valence-corrected chi connectivity index (χ1v) is 4.70. The molecule has 0 aliphatic heterocycles. The van der Waals surface area contributed by atoms with Crippen molar-refractivity contribution in [3.8, 4) is 0 Å². The van der Waals surface area contributed by atoms with Gasteiger partial charge in [-0.25, -0.2) is 4.39 Å². The minimum atomic E-state index is -0.638. The zero-order valence-corrected chi connectivity index (χ0v) is 9.06. The van der Waals surface area contributed by atoms with E-state index in [4.69, 9.17) is 0 Å². The molecular formula is C10H10BrFO. The maximum Gasteiger partial charge on any atom is 0.179 e. The Hall–Kier alpha value is -0.700. The topological polar surface area (TPSA) is 17.1 Å². The lowest BCUT2D eigenvalue weighted by atomic mass is 10.0. The number of Topliss-reactive ketones (excluding diaryl/α,β-unsaturated/α-hetero) is 1. The molecule has 0 saturated carbocycles. The van der Waals surface area contributed by atoms with Gasteiger partial charge in [0.15, 0.2) is 5.78 Å². The Kier molecular flexibility index (Phi) is 2.86. The molecule has 0 spiro atoms. The normalized spacial score (nSPS) is 11.4. The maximum absolute atomic E-state index is 12.7. The van der Waals surface area contributed by atoms with Gasteiger partial charge in [0.2, 0.25) is 0 Å². The van der Waals surface area contributed by atoms with Crippen molar-refractivity contribution in [1.82, 2.24) is 0 Å². The van der Waals surface area contributed by atoms with Crippen LogP contribution in [-0.2, 0) is 0 Å². The van der Waals surface area contributed by atoms with Gasteiger partial charge in [-0.05, 0) is 26.0 Å². The Bertz CT molecular complexity index is 328. The predicted molar refractivity (Wildman–Crippen MR) is 53.7 cm³/mol. The average Bonchev–Trinajstić information content (AvgIpc) is 2.01. The molecule has 0 bridgehead atoms. The van der Waals surface area contributed by atoms with Gasteiger partial charge in [-0.15, -0.1) is 0 Å². The van der Waals surface area contributed by atoms with Gasteiger partial charge in [-0.3, -0.25) is 4.79 Å². The van der Waals surface area contributed by atoms with Crippen molar-refractivity contribution in [1.29, 1.82) is 0 Å². The third-order valence-corrected chi connectivity index (χ3v) is 1.99. The van der Waals surface area contributed by atoms with Gasteiger partial charge < -0.3 is 0 Å². The monoisotopic (exact) mass is 244 g/mol. The highest BCUT2D eigenvalue weighted by molar-refractivity contribution is 9.10. The summed E-state index contributed by atoms with van der Waals surface area (Å²) < 4.78 is 12.1. The fourth-order valence-electron chi connectivity index (χ4n) is 0.973. The summed E-state index contributed by atoms with van der Waals surface area (Å²) in [6, 6.07) is 5.69. The number of hydrogen-bond donors (Lipinski definition) is 0. The van der Waals surface area contributed by atoms with E-state index in [-0.39, 0.29) is 11.6 Å².